The highest BCUT2D eigenvalue weighted by atomic mass is 16.5. The maximum absolute atomic E-state index is 13.5. The van der Waals surface area contributed by atoms with E-state index in [2.05, 4.69) is 26.3 Å². The lowest BCUT2D eigenvalue weighted by Gasteiger charge is -2.33. The average molecular weight is 769 g/mol. The summed E-state index contributed by atoms with van der Waals surface area (Å²) in [5.41, 5.74) is 4.24. The van der Waals surface area contributed by atoms with Crippen LogP contribution in [0.2, 0.25) is 0 Å². The van der Waals surface area contributed by atoms with Gasteiger partial charge in [-0.15, -0.1) is 5.10 Å². The number of ether oxygens (including phenoxy) is 2. The Hall–Kier alpha value is -6.06. The topological polar surface area (TPSA) is 194 Å². The fourth-order valence-electron chi connectivity index (χ4n) is 7.60. The highest BCUT2D eigenvalue weighted by Gasteiger charge is 2.48. The van der Waals surface area contributed by atoms with Gasteiger partial charge in [0.25, 0.3) is 5.91 Å². The molecule has 1 aromatic heterocycles. The number of allylic oxidation sites excluding steroid dienone is 2. The summed E-state index contributed by atoms with van der Waals surface area (Å²) in [7, 11) is 3.01. The molecule has 4 heterocycles. The number of nitrogens with one attached hydrogen (secondary N) is 3. The quantitative estimate of drug-likeness (QED) is 0.204. The Labute approximate surface area is 324 Å². The van der Waals surface area contributed by atoms with Gasteiger partial charge >= 0.3 is 0 Å². The number of benzene rings is 2. The zero-order chi connectivity index (χ0) is 40.1. The average Bonchev–Trinajstić information content (AvgIpc) is 4.02. The largest absolute Gasteiger partial charge is 0.493 e. The summed E-state index contributed by atoms with van der Waals surface area (Å²) in [5.74, 6) is -2.99. The third kappa shape index (κ3) is 8.28. The maximum Gasteiger partial charge on any atom is 0.290 e. The van der Waals surface area contributed by atoms with E-state index in [-0.39, 0.29) is 38.3 Å². The Balaban J connectivity index is 0.978. The molecule has 1 unspecified atom stereocenters. The molecule has 3 N–H and O–H groups in total. The van der Waals surface area contributed by atoms with Crippen molar-refractivity contribution in [3.63, 3.8) is 0 Å². The van der Waals surface area contributed by atoms with Crippen LogP contribution in [0.15, 0.2) is 48.7 Å². The molecule has 16 nitrogen and oxygen atoms in total. The highest BCUT2D eigenvalue weighted by Crippen LogP contribution is 2.32. The van der Waals surface area contributed by atoms with E-state index in [1.807, 2.05) is 44.3 Å². The van der Waals surface area contributed by atoms with Crippen LogP contribution < -0.4 is 25.4 Å². The van der Waals surface area contributed by atoms with Crippen LogP contribution >= 0.6 is 0 Å². The van der Waals surface area contributed by atoms with Crippen LogP contribution in [0.1, 0.15) is 74.4 Å². The van der Waals surface area contributed by atoms with Crippen LogP contribution in [-0.4, -0.2) is 99.0 Å². The molecule has 6 rings (SSSR count). The van der Waals surface area contributed by atoms with Crippen LogP contribution in [0, 0.1) is 5.92 Å². The molecular weight excluding hydrogens is 720 g/mol. The van der Waals surface area contributed by atoms with Crippen molar-refractivity contribution in [2.45, 2.75) is 84.2 Å². The molecule has 0 bridgehead atoms. The number of rotatable bonds is 14. The van der Waals surface area contributed by atoms with Gasteiger partial charge in [-0.05, 0) is 80.0 Å². The molecule has 0 radical (unpaired) electrons. The summed E-state index contributed by atoms with van der Waals surface area (Å²) in [6.45, 7) is 6.66. The molecule has 0 spiro atoms. The number of ketones is 1. The summed E-state index contributed by atoms with van der Waals surface area (Å²) in [5, 5.41) is 16.4. The molecule has 5 amide bonds. The number of hydrogen-bond acceptors (Lipinski definition) is 10. The number of amides is 5. The van der Waals surface area contributed by atoms with E-state index in [1.54, 1.807) is 34.7 Å². The van der Waals surface area contributed by atoms with Crippen molar-refractivity contribution in [1.82, 2.24) is 40.7 Å². The number of aromatic nitrogens is 3. The molecule has 16 heteroatoms. The standard InChI is InChI=1S/C40H48N8O8/c1-6-24(2)31-23-47(45-44-31)21-27-10-7-9-26-20-46(22-29(26)27)34(49)17-28-16-30(43-37(28)52)38(53)42-19-35(50)48-14-8-13-40(48,3)36(51)39(54)41-18-25-11-12-32(55-4)33(15-25)56-5/h6-7,9-12,15,23,28,30H,8,13-14,16-22H2,1-5H3,(H,41,54)(H,42,53)(H,43,52)/b24-6+/t28-,30?,40-/m0/s1. The first-order valence-corrected chi connectivity index (χ1v) is 18.7. The van der Waals surface area contributed by atoms with Crippen molar-refractivity contribution in [3.8, 4) is 11.5 Å². The van der Waals surface area contributed by atoms with Crippen molar-refractivity contribution in [3.05, 3.63) is 76.6 Å². The molecule has 0 aliphatic carbocycles. The molecule has 3 aliphatic heterocycles. The number of nitrogens with zero attached hydrogens (tertiary/aromatic N) is 5. The minimum atomic E-state index is -1.39. The summed E-state index contributed by atoms with van der Waals surface area (Å²) in [4.78, 5) is 82.3. The summed E-state index contributed by atoms with van der Waals surface area (Å²) in [6, 6.07) is 10.2. The predicted molar refractivity (Wildman–Crippen MR) is 203 cm³/mol. The van der Waals surface area contributed by atoms with Gasteiger partial charge < -0.3 is 35.2 Å². The van der Waals surface area contributed by atoms with E-state index < -0.39 is 53.5 Å². The minimum absolute atomic E-state index is 0.0557. The third-order valence-electron chi connectivity index (χ3n) is 11.0. The van der Waals surface area contributed by atoms with Gasteiger partial charge in [-0.2, -0.15) is 0 Å². The van der Waals surface area contributed by atoms with Gasteiger partial charge in [0.1, 0.15) is 17.3 Å². The summed E-state index contributed by atoms with van der Waals surface area (Å²) < 4.78 is 12.3. The Kier molecular flexibility index (Phi) is 11.9. The minimum Gasteiger partial charge on any atom is -0.493 e. The number of fused-ring (bicyclic) bond motifs is 1. The zero-order valence-corrected chi connectivity index (χ0v) is 32.3. The van der Waals surface area contributed by atoms with Crippen molar-refractivity contribution < 1.29 is 38.2 Å². The summed E-state index contributed by atoms with van der Waals surface area (Å²) in [6.07, 6.45) is 4.69. The van der Waals surface area contributed by atoms with Crippen molar-refractivity contribution in [1.29, 1.82) is 0 Å². The van der Waals surface area contributed by atoms with Crippen LogP contribution in [0.5, 0.6) is 11.5 Å². The lowest BCUT2D eigenvalue weighted by Crippen LogP contribution is -2.57. The van der Waals surface area contributed by atoms with E-state index >= 15 is 0 Å². The number of likely N-dealkylation sites (tertiary alicyclic amines) is 1. The Bertz CT molecular complexity index is 2080. The first-order chi connectivity index (χ1) is 26.8. The Morgan fingerprint density at radius 2 is 1.82 bits per heavy atom. The van der Waals surface area contributed by atoms with Gasteiger partial charge in [0, 0.05) is 38.5 Å². The Morgan fingerprint density at radius 1 is 1.04 bits per heavy atom. The molecule has 2 aromatic carbocycles. The van der Waals surface area contributed by atoms with Crippen LogP contribution in [0.25, 0.3) is 5.57 Å². The molecule has 3 aromatic rings. The maximum atomic E-state index is 13.5. The number of carbonyl (C=O) groups is 6. The smallest absolute Gasteiger partial charge is 0.290 e. The SMILES string of the molecule is C/C=C(\C)c1cn(Cc2cccc3c2CN(C(=O)C[C@@H]2CC(C(=O)NCC(=O)N4CCC[C@@]4(C)C(=O)C(=O)NCc4ccc(OC)c(OC)c4)NC2=O)C3)nn1. The van der Waals surface area contributed by atoms with Gasteiger partial charge in [-0.25, -0.2) is 4.68 Å². The first-order valence-electron chi connectivity index (χ1n) is 18.7. The van der Waals surface area contributed by atoms with Gasteiger partial charge in [0.2, 0.25) is 29.4 Å². The van der Waals surface area contributed by atoms with Crippen molar-refractivity contribution in [2.24, 2.45) is 5.92 Å². The van der Waals surface area contributed by atoms with Crippen molar-refractivity contribution in [2.75, 3.05) is 27.3 Å². The van der Waals surface area contributed by atoms with Crippen molar-refractivity contribution >= 4 is 40.9 Å². The number of hydrogen-bond donors (Lipinski definition) is 3. The second-order valence-corrected chi connectivity index (χ2v) is 14.6. The van der Waals surface area contributed by atoms with Crippen LogP contribution in [0.3, 0.4) is 0 Å². The Morgan fingerprint density at radius 3 is 2.57 bits per heavy atom. The molecular formula is C40H48N8O8. The van der Waals surface area contributed by atoms with Gasteiger partial charge in [-0.3, -0.25) is 28.8 Å². The molecule has 56 heavy (non-hydrogen) atoms. The fraction of sp³-hybridized carbons (Fsp3) is 0.450. The number of methoxy groups -OCH3 is 2. The molecule has 3 aliphatic rings. The molecule has 3 atom stereocenters. The molecule has 2 fully saturated rings. The van der Waals surface area contributed by atoms with E-state index in [0.717, 1.165) is 28.0 Å². The molecule has 0 saturated carbocycles. The molecule has 2 saturated heterocycles. The number of Topliss-reactive ketones (excluding diaryl/α,β-unsaturated/α-hetero) is 1. The van der Waals surface area contributed by atoms with Crippen LogP contribution in [-0.2, 0) is 54.9 Å². The lowest BCUT2D eigenvalue weighted by atomic mass is 9.92. The van der Waals surface area contributed by atoms with E-state index in [4.69, 9.17) is 9.47 Å². The predicted octanol–water partition coefficient (Wildman–Crippen LogP) is 1.89. The first kappa shape index (κ1) is 39.6. The van der Waals surface area contributed by atoms with Gasteiger partial charge in [-0.1, -0.05) is 35.6 Å². The van der Waals surface area contributed by atoms with E-state index in [1.165, 1.54) is 19.1 Å². The highest BCUT2D eigenvalue weighted by molar-refractivity contribution is 6.39. The van der Waals surface area contributed by atoms with Gasteiger partial charge in [0.15, 0.2) is 11.5 Å². The second-order valence-electron chi connectivity index (χ2n) is 14.6. The van der Waals surface area contributed by atoms with Crippen LogP contribution in [0.4, 0.5) is 0 Å². The zero-order valence-electron chi connectivity index (χ0n) is 32.3. The summed E-state index contributed by atoms with van der Waals surface area (Å²) >= 11 is 0. The van der Waals surface area contributed by atoms with E-state index in [0.29, 0.717) is 43.1 Å². The third-order valence-corrected chi connectivity index (χ3v) is 11.0. The van der Waals surface area contributed by atoms with E-state index in [9.17, 15) is 28.8 Å². The number of carbonyl (C=O) groups excluding carboxylic acids is 6. The normalized spacial score (nSPS) is 20.4. The monoisotopic (exact) mass is 768 g/mol. The molecule has 296 valence electrons. The lowest BCUT2D eigenvalue weighted by molar-refractivity contribution is -0.149. The van der Waals surface area contributed by atoms with Gasteiger partial charge in [0.05, 0.1) is 33.5 Å². The fourth-order valence-corrected chi connectivity index (χ4v) is 7.60. The second kappa shape index (κ2) is 16.8.